The number of ether oxygens (including phenoxy) is 1. The van der Waals surface area contributed by atoms with Crippen LogP contribution in [0.1, 0.15) is 30.9 Å². The van der Waals surface area contributed by atoms with Crippen LogP contribution in [0.25, 0.3) is 0 Å². The number of aryl methyl sites for hydroxylation is 1. The molecule has 1 fully saturated rings. The molecule has 0 spiro atoms. The van der Waals surface area contributed by atoms with Gasteiger partial charge in [0.05, 0.1) is 0 Å². The summed E-state index contributed by atoms with van der Waals surface area (Å²) in [4.78, 5) is 30.1. The van der Waals surface area contributed by atoms with E-state index in [4.69, 9.17) is 4.74 Å². The minimum atomic E-state index is -0.537. The third-order valence-corrected chi connectivity index (χ3v) is 7.24. The first-order valence-corrected chi connectivity index (χ1v) is 12.7. The molecule has 2 atom stereocenters. The quantitative estimate of drug-likeness (QED) is 0.457. The average Bonchev–Trinajstić information content (AvgIpc) is 3.41. The van der Waals surface area contributed by atoms with E-state index >= 15 is 0 Å². The molecule has 0 N–H and O–H groups in total. The summed E-state index contributed by atoms with van der Waals surface area (Å²) in [6.07, 6.45) is 5.45. The van der Waals surface area contributed by atoms with Gasteiger partial charge in [0.1, 0.15) is 12.3 Å². The second kappa shape index (κ2) is 11.9. The maximum absolute atomic E-state index is 13.2. The lowest BCUT2D eigenvalue weighted by Gasteiger charge is -2.40. The largest absolute Gasteiger partial charge is 0.481 e. The highest BCUT2D eigenvalue weighted by Crippen LogP contribution is 2.28. The number of carbonyl (C=O) groups is 2. The zero-order valence-corrected chi connectivity index (χ0v) is 21.4. The van der Waals surface area contributed by atoms with Gasteiger partial charge in [-0.25, -0.2) is 0 Å². The van der Waals surface area contributed by atoms with Crippen molar-refractivity contribution in [3.63, 3.8) is 0 Å². The van der Waals surface area contributed by atoms with Crippen molar-refractivity contribution >= 4 is 11.8 Å². The van der Waals surface area contributed by atoms with E-state index in [1.54, 1.807) is 10.9 Å². The summed E-state index contributed by atoms with van der Waals surface area (Å²) >= 11 is 0. The lowest BCUT2D eigenvalue weighted by molar-refractivity contribution is -0.141. The number of carbonyl (C=O) groups excluding carboxylic acids is 2. The Hall–Kier alpha value is -3.61. The minimum Gasteiger partial charge on any atom is -0.481 e. The fraction of sp³-hybridized carbons (Fsp3) is 0.414. The Morgan fingerprint density at radius 2 is 1.75 bits per heavy atom. The van der Waals surface area contributed by atoms with Crippen molar-refractivity contribution in [2.75, 3.05) is 20.1 Å². The summed E-state index contributed by atoms with van der Waals surface area (Å²) in [5.74, 6) is 1.05. The van der Waals surface area contributed by atoms with Crippen LogP contribution in [0.4, 0.5) is 0 Å². The minimum absolute atomic E-state index is 0.0101. The number of nitrogens with zero attached hydrogens (tertiary/aromatic N) is 4. The van der Waals surface area contributed by atoms with Crippen LogP contribution in [0.2, 0.25) is 0 Å². The van der Waals surface area contributed by atoms with Crippen molar-refractivity contribution in [2.24, 2.45) is 5.92 Å². The Morgan fingerprint density at radius 3 is 2.42 bits per heavy atom. The van der Waals surface area contributed by atoms with Gasteiger partial charge in [0.2, 0.25) is 5.91 Å². The third kappa shape index (κ3) is 6.33. The third-order valence-electron chi connectivity index (χ3n) is 7.24. The zero-order valence-electron chi connectivity index (χ0n) is 21.4. The molecule has 1 saturated heterocycles. The number of para-hydroxylation sites is 1. The fourth-order valence-electron chi connectivity index (χ4n) is 5.03. The Bertz CT molecular complexity index is 1120. The van der Waals surface area contributed by atoms with E-state index < -0.39 is 6.10 Å². The molecular weight excluding hydrogens is 452 g/mol. The van der Waals surface area contributed by atoms with Crippen LogP contribution in [-0.2, 0) is 22.6 Å². The van der Waals surface area contributed by atoms with Crippen LogP contribution in [0.15, 0.2) is 73.1 Å². The van der Waals surface area contributed by atoms with Crippen molar-refractivity contribution in [3.8, 4) is 5.75 Å². The van der Waals surface area contributed by atoms with Crippen molar-refractivity contribution in [2.45, 2.75) is 51.8 Å². The van der Waals surface area contributed by atoms with Crippen LogP contribution in [-0.4, -0.2) is 63.7 Å². The maximum Gasteiger partial charge on any atom is 0.263 e. The van der Waals surface area contributed by atoms with E-state index in [1.165, 1.54) is 11.1 Å². The smallest absolute Gasteiger partial charge is 0.263 e. The molecule has 190 valence electrons. The number of amides is 2. The Kier molecular flexibility index (Phi) is 8.41. The summed E-state index contributed by atoms with van der Waals surface area (Å²) in [7, 11) is 1.90. The standard InChI is InChI=1S/C29H36N4O3/c1-22-10-7-8-11-25(22)20-27(31(3)28(34)21-33-17-9-16-30-33)24-14-18-32(19-15-24)29(35)23(2)36-26-12-5-4-6-13-26/h4-13,16-17,23-24,27H,14-15,18-21H2,1-3H3/t23-,27-/m1/s1. The topological polar surface area (TPSA) is 67.7 Å². The Balaban J connectivity index is 1.42. The number of aromatic nitrogens is 2. The van der Waals surface area contributed by atoms with Crippen molar-refractivity contribution in [3.05, 3.63) is 84.2 Å². The molecule has 0 aliphatic carbocycles. The number of hydrogen-bond donors (Lipinski definition) is 0. The van der Waals surface area contributed by atoms with E-state index in [0.29, 0.717) is 24.8 Å². The highest BCUT2D eigenvalue weighted by atomic mass is 16.5. The molecule has 3 aromatic rings. The molecule has 2 amide bonds. The molecule has 0 unspecified atom stereocenters. The van der Waals surface area contributed by atoms with E-state index in [0.717, 1.165) is 19.3 Å². The Labute approximate surface area is 213 Å². The van der Waals surface area contributed by atoms with Gasteiger partial charge in [0, 0.05) is 38.6 Å². The van der Waals surface area contributed by atoms with Gasteiger partial charge in [-0.1, -0.05) is 42.5 Å². The maximum atomic E-state index is 13.2. The van der Waals surface area contributed by atoms with Crippen molar-refractivity contribution in [1.29, 1.82) is 0 Å². The molecular formula is C29H36N4O3. The lowest BCUT2D eigenvalue weighted by atomic mass is 9.84. The highest BCUT2D eigenvalue weighted by molar-refractivity contribution is 5.81. The molecule has 36 heavy (non-hydrogen) atoms. The Morgan fingerprint density at radius 1 is 1.06 bits per heavy atom. The van der Waals surface area contributed by atoms with Gasteiger partial charge in [0.25, 0.3) is 5.91 Å². The number of likely N-dealkylation sites (tertiary alicyclic amines) is 1. The first-order chi connectivity index (χ1) is 17.4. The van der Waals surface area contributed by atoms with Gasteiger partial charge in [-0.2, -0.15) is 5.10 Å². The molecule has 0 bridgehead atoms. The van der Waals surface area contributed by atoms with Gasteiger partial charge in [0.15, 0.2) is 6.10 Å². The molecule has 0 saturated carbocycles. The van der Waals surface area contributed by atoms with E-state index in [1.807, 2.05) is 72.4 Å². The predicted molar refractivity (Wildman–Crippen MR) is 140 cm³/mol. The lowest BCUT2D eigenvalue weighted by Crippen LogP contribution is -2.50. The van der Waals surface area contributed by atoms with Crippen LogP contribution >= 0.6 is 0 Å². The van der Waals surface area contributed by atoms with E-state index in [-0.39, 0.29) is 24.4 Å². The molecule has 1 aliphatic rings. The molecule has 0 radical (unpaired) electrons. The number of benzene rings is 2. The van der Waals surface area contributed by atoms with Gasteiger partial charge in [-0.15, -0.1) is 0 Å². The molecule has 4 rings (SSSR count). The van der Waals surface area contributed by atoms with Gasteiger partial charge in [-0.3, -0.25) is 14.3 Å². The molecule has 7 heteroatoms. The number of likely N-dealkylation sites (N-methyl/N-ethyl adjacent to an activating group) is 1. The second-order valence-corrected chi connectivity index (χ2v) is 9.64. The number of rotatable bonds is 9. The monoisotopic (exact) mass is 488 g/mol. The van der Waals surface area contributed by atoms with E-state index in [9.17, 15) is 9.59 Å². The van der Waals surface area contributed by atoms with Crippen LogP contribution in [0.3, 0.4) is 0 Å². The van der Waals surface area contributed by atoms with Gasteiger partial charge >= 0.3 is 0 Å². The van der Waals surface area contributed by atoms with Crippen LogP contribution in [0.5, 0.6) is 5.75 Å². The first-order valence-electron chi connectivity index (χ1n) is 12.7. The first kappa shape index (κ1) is 25.5. The average molecular weight is 489 g/mol. The van der Waals surface area contributed by atoms with Crippen LogP contribution in [0, 0.1) is 12.8 Å². The number of piperidine rings is 1. The summed E-state index contributed by atoms with van der Waals surface area (Å²) in [5.41, 5.74) is 2.49. The molecule has 7 nitrogen and oxygen atoms in total. The second-order valence-electron chi connectivity index (χ2n) is 9.64. The summed E-state index contributed by atoms with van der Waals surface area (Å²) in [6, 6.07) is 19.7. The molecule has 2 heterocycles. The zero-order chi connectivity index (χ0) is 25.5. The highest BCUT2D eigenvalue weighted by Gasteiger charge is 2.34. The fourth-order valence-corrected chi connectivity index (χ4v) is 5.03. The van der Waals surface area contributed by atoms with Gasteiger partial charge < -0.3 is 14.5 Å². The van der Waals surface area contributed by atoms with Crippen LogP contribution < -0.4 is 4.74 Å². The summed E-state index contributed by atoms with van der Waals surface area (Å²) in [5, 5.41) is 4.20. The molecule has 1 aromatic heterocycles. The summed E-state index contributed by atoms with van der Waals surface area (Å²) in [6.45, 7) is 5.48. The SMILES string of the molecule is Cc1ccccc1C[C@H](C1CCN(C(=O)[C@@H](C)Oc2ccccc2)CC1)N(C)C(=O)Cn1cccn1. The summed E-state index contributed by atoms with van der Waals surface area (Å²) < 4.78 is 7.53. The number of hydrogen-bond acceptors (Lipinski definition) is 4. The molecule has 1 aliphatic heterocycles. The molecule has 2 aromatic carbocycles. The van der Waals surface area contributed by atoms with Crippen molar-refractivity contribution < 1.29 is 14.3 Å². The van der Waals surface area contributed by atoms with Crippen molar-refractivity contribution in [1.82, 2.24) is 19.6 Å². The van der Waals surface area contributed by atoms with Gasteiger partial charge in [-0.05, 0) is 68.4 Å². The normalized spacial score (nSPS) is 15.8. The predicted octanol–water partition coefficient (Wildman–Crippen LogP) is 3.97. The van der Waals surface area contributed by atoms with E-state index in [2.05, 4.69) is 30.2 Å².